The molecule has 19 heavy (non-hydrogen) atoms. The summed E-state index contributed by atoms with van der Waals surface area (Å²) >= 11 is 6.17. The molecule has 1 atom stereocenters. The summed E-state index contributed by atoms with van der Waals surface area (Å²) < 4.78 is 14.7. The second-order valence-electron chi connectivity index (χ2n) is 4.78. The normalized spacial score (nSPS) is 12.7. The van der Waals surface area contributed by atoms with Gasteiger partial charge in [0, 0.05) is 18.7 Å². The van der Waals surface area contributed by atoms with Crippen LogP contribution in [0, 0.1) is 12.7 Å². The van der Waals surface area contributed by atoms with Gasteiger partial charge < -0.3 is 5.73 Å². The van der Waals surface area contributed by atoms with Crippen LogP contribution in [0.25, 0.3) is 0 Å². The number of rotatable bonds is 4. The minimum atomic E-state index is -0.236. The number of hydrogen-bond donors (Lipinski definition) is 1. The molecule has 2 rings (SSSR count). The van der Waals surface area contributed by atoms with Crippen LogP contribution in [-0.2, 0) is 19.9 Å². The molecule has 0 fully saturated rings. The lowest BCUT2D eigenvalue weighted by molar-refractivity contribution is 0.618. The first kappa shape index (κ1) is 14.0. The van der Waals surface area contributed by atoms with Crippen LogP contribution in [0.15, 0.2) is 24.3 Å². The Morgan fingerprint density at radius 3 is 2.74 bits per heavy atom. The molecule has 0 amide bonds. The minimum Gasteiger partial charge on any atom is -0.327 e. The smallest absolute Gasteiger partial charge is 0.130 e. The van der Waals surface area contributed by atoms with Gasteiger partial charge in [0.1, 0.15) is 11.0 Å². The molecule has 5 heteroatoms. The molecule has 1 aromatic carbocycles. The molecule has 2 N–H and O–H groups in total. The quantitative estimate of drug-likeness (QED) is 0.936. The third kappa shape index (κ3) is 3.33. The first-order valence-corrected chi connectivity index (χ1v) is 6.53. The average Bonchev–Trinajstić information content (AvgIpc) is 2.56. The van der Waals surface area contributed by atoms with E-state index in [1.54, 1.807) is 17.8 Å². The highest BCUT2D eigenvalue weighted by Gasteiger charge is 2.15. The lowest BCUT2D eigenvalue weighted by Crippen LogP contribution is -2.25. The summed E-state index contributed by atoms with van der Waals surface area (Å²) in [7, 11) is 1.80. The lowest BCUT2D eigenvalue weighted by atomic mass is 10.0. The van der Waals surface area contributed by atoms with Gasteiger partial charge in [0.25, 0.3) is 0 Å². The molecule has 0 saturated carbocycles. The van der Waals surface area contributed by atoms with Gasteiger partial charge in [0.15, 0.2) is 0 Å². The zero-order chi connectivity index (χ0) is 14.0. The van der Waals surface area contributed by atoms with Crippen LogP contribution in [0.2, 0.25) is 5.15 Å². The second kappa shape index (κ2) is 5.72. The van der Waals surface area contributed by atoms with Gasteiger partial charge in [-0.1, -0.05) is 23.7 Å². The van der Waals surface area contributed by atoms with E-state index in [1.165, 1.54) is 12.1 Å². The molecule has 0 aliphatic rings. The third-order valence-electron chi connectivity index (χ3n) is 3.12. The summed E-state index contributed by atoms with van der Waals surface area (Å²) in [6.45, 7) is 1.91. The van der Waals surface area contributed by atoms with E-state index in [9.17, 15) is 4.39 Å². The monoisotopic (exact) mass is 281 g/mol. The van der Waals surface area contributed by atoms with Crippen LogP contribution in [-0.4, -0.2) is 15.8 Å². The van der Waals surface area contributed by atoms with Gasteiger partial charge in [-0.15, -0.1) is 0 Å². The fourth-order valence-electron chi connectivity index (χ4n) is 2.21. The molecule has 102 valence electrons. The van der Waals surface area contributed by atoms with Gasteiger partial charge in [-0.25, -0.2) is 4.39 Å². The van der Waals surface area contributed by atoms with Crippen molar-refractivity contribution in [2.24, 2.45) is 12.8 Å². The first-order valence-electron chi connectivity index (χ1n) is 6.15. The number of halogens is 2. The lowest BCUT2D eigenvalue weighted by Gasteiger charge is -2.11. The van der Waals surface area contributed by atoms with Crippen molar-refractivity contribution in [1.29, 1.82) is 0 Å². The zero-order valence-electron chi connectivity index (χ0n) is 11.0. The molecule has 0 saturated heterocycles. The van der Waals surface area contributed by atoms with E-state index < -0.39 is 0 Å². The molecule has 0 aliphatic heterocycles. The van der Waals surface area contributed by atoms with E-state index in [0.717, 1.165) is 16.8 Å². The van der Waals surface area contributed by atoms with Gasteiger partial charge >= 0.3 is 0 Å². The van der Waals surface area contributed by atoms with Crippen molar-refractivity contribution in [3.63, 3.8) is 0 Å². The number of aryl methyl sites for hydroxylation is 2. The highest BCUT2D eigenvalue weighted by molar-refractivity contribution is 6.30. The van der Waals surface area contributed by atoms with E-state index in [1.807, 2.05) is 13.0 Å². The number of nitrogens with two attached hydrogens (primary N) is 1. The van der Waals surface area contributed by atoms with Crippen molar-refractivity contribution in [2.75, 3.05) is 0 Å². The summed E-state index contributed by atoms with van der Waals surface area (Å²) in [6.07, 6.45) is 1.25. The molecule has 2 aromatic rings. The second-order valence-corrected chi connectivity index (χ2v) is 5.13. The minimum absolute atomic E-state index is 0.109. The molecular weight excluding hydrogens is 265 g/mol. The Morgan fingerprint density at radius 2 is 2.16 bits per heavy atom. The third-order valence-corrected chi connectivity index (χ3v) is 3.60. The maximum Gasteiger partial charge on any atom is 0.130 e. The molecule has 1 unspecified atom stereocenters. The summed E-state index contributed by atoms with van der Waals surface area (Å²) in [6, 6.07) is 6.40. The molecule has 0 bridgehead atoms. The van der Waals surface area contributed by atoms with Crippen molar-refractivity contribution in [1.82, 2.24) is 9.78 Å². The topological polar surface area (TPSA) is 43.8 Å². The van der Waals surface area contributed by atoms with E-state index in [-0.39, 0.29) is 11.9 Å². The Kier molecular flexibility index (Phi) is 4.22. The van der Waals surface area contributed by atoms with Gasteiger partial charge in [0.05, 0.1) is 5.69 Å². The van der Waals surface area contributed by atoms with E-state index in [4.69, 9.17) is 17.3 Å². The van der Waals surface area contributed by atoms with Crippen LogP contribution in [0.1, 0.15) is 16.8 Å². The summed E-state index contributed by atoms with van der Waals surface area (Å²) in [5.41, 5.74) is 8.87. The van der Waals surface area contributed by atoms with Crippen LogP contribution < -0.4 is 5.73 Å². The SMILES string of the molecule is Cc1nn(C)c(Cl)c1CC(N)Cc1cccc(F)c1. The molecule has 0 aliphatic carbocycles. The van der Waals surface area contributed by atoms with Gasteiger partial charge in [-0.2, -0.15) is 5.10 Å². The van der Waals surface area contributed by atoms with Gasteiger partial charge in [-0.3, -0.25) is 4.68 Å². The van der Waals surface area contributed by atoms with E-state index in [2.05, 4.69) is 5.10 Å². The Bertz CT molecular complexity index is 580. The van der Waals surface area contributed by atoms with Crippen molar-refractivity contribution in [3.8, 4) is 0 Å². The summed E-state index contributed by atoms with van der Waals surface area (Å²) in [5, 5.41) is 4.87. The molecule has 0 spiro atoms. The Balaban J connectivity index is 2.07. The van der Waals surface area contributed by atoms with Crippen LogP contribution in [0.3, 0.4) is 0 Å². The number of nitrogens with zero attached hydrogens (tertiary/aromatic N) is 2. The van der Waals surface area contributed by atoms with Gasteiger partial charge in [0.2, 0.25) is 0 Å². The van der Waals surface area contributed by atoms with Gasteiger partial charge in [-0.05, 0) is 37.5 Å². The predicted octanol–water partition coefficient (Wildman–Crippen LogP) is 2.63. The molecule has 1 heterocycles. The van der Waals surface area contributed by atoms with Crippen molar-refractivity contribution in [2.45, 2.75) is 25.8 Å². The van der Waals surface area contributed by atoms with E-state index in [0.29, 0.717) is 18.0 Å². The number of benzene rings is 1. The summed E-state index contributed by atoms with van der Waals surface area (Å²) in [5.74, 6) is -0.236. The van der Waals surface area contributed by atoms with Crippen LogP contribution >= 0.6 is 11.6 Å². The fraction of sp³-hybridized carbons (Fsp3) is 0.357. The molecule has 1 aromatic heterocycles. The standard InChI is InChI=1S/C14H17ClFN3/c1-9-13(14(15)19(2)18-9)8-12(17)7-10-4-3-5-11(16)6-10/h3-6,12H,7-8,17H2,1-2H3. The largest absolute Gasteiger partial charge is 0.327 e. The molecule has 0 radical (unpaired) electrons. The average molecular weight is 282 g/mol. The fourth-order valence-corrected chi connectivity index (χ4v) is 2.46. The molecule has 3 nitrogen and oxygen atoms in total. The maximum absolute atomic E-state index is 13.1. The van der Waals surface area contributed by atoms with Crippen molar-refractivity contribution >= 4 is 11.6 Å². The highest BCUT2D eigenvalue weighted by Crippen LogP contribution is 2.20. The highest BCUT2D eigenvalue weighted by atomic mass is 35.5. The number of hydrogen-bond acceptors (Lipinski definition) is 2. The van der Waals surface area contributed by atoms with E-state index >= 15 is 0 Å². The number of aromatic nitrogens is 2. The van der Waals surface area contributed by atoms with Crippen molar-refractivity contribution in [3.05, 3.63) is 52.1 Å². The van der Waals surface area contributed by atoms with Crippen LogP contribution in [0.5, 0.6) is 0 Å². The Morgan fingerprint density at radius 1 is 1.42 bits per heavy atom. The summed E-state index contributed by atoms with van der Waals surface area (Å²) in [4.78, 5) is 0. The predicted molar refractivity (Wildman–Crippen MR) is 74.7 cm³/mol. The van der Waals surface area contributed by atoms with Crippen molar-refractivity contribution < 1.29 is 4.39 Å². The first-order chi connectivity index (χ1) is 8.97. The Hall–Kier alpha value is -1.39. The molecular formula is C14H17ClFN3. The van der Waals surface area contributed by atoms with Crippen LogP contribution in [0.4, 0.5) is 4.39 Å². The zero-order valence-corrected chi connectivity index (χ0v) is 11.8. The Labute approximate surface area is 117 Å². The maximum atomic E-state index is 13.1.